The van der Waals surface area contributed by atoms with Crippen LogP contribution in [0.15, 0.2) is 24.5 Å². The van der Waals surface area contributed by atoms with Gasteiger partial charge in [0.2, 0.25) is 0 Å². The lowest BCUT2D eigenvalue weighted by molar-refractivity contribution is 0.102. The molecule has 5 nitrogen and oxygen atoms in total. The summed E-state index contributed by atoms with van der Waals surface area (Å²) >= 11 is 1.17. The van der Waals surface area contributed by atoms with E-state index in [-0.39, 0.29) is 12.3 Å². The second kappa shape index (κ2) is 6.04. The van der Waals surface area contributed by atoms with Gasteiger partial charge in [-0.15, -0.1) is 0 Å². The molecule has 0 saturated carbocycles. The highest BCUT2D eigenvalue weighted by Gasteiger charge is 2.09. The lowest BCUT2D eigenvalue weighted by Crippen LogP contribution is -2.13. The topological polar surface area (TPSA) is 75.1 Å². The molecule has 2 heterocycles. The molecule has 0 atom stereocenters. The van der Waals surface area contributed by atoms with Gasteiger partial charge in [-0.05, 0) is 12.1 Å². The summed E-state index contributed by atoms with van der Waals surface area (Å²) in [5.74, 6) is 4.17. The van der Waals surface area contributed by atoms with Gasteiger partial charge in [-0.25, -0.2) is 14.4 Å². The number of pyridine rings is 1. The zero-order valence-electron chi connectivity index (χ0n) is 9.55. The fraction of sp³-hybridized carbons (Fsp3) is 0.0833. The smallest absolute Gasteiger partial charge is 0.276 e. The molecule has 96 valence electrons. The lowest BCUT2D eigenvalue weighted by Gasteiger charge is -1.99. The van der Waals surface area contributed by atoms with E-state index >= 15 is 0 Å². The molecule has 19 heavy (non-hydrogen) atoms. The molecule has 0 aliphatic rings. The van der Waals surface area contributed by atoms with E-state index in [0.29, 0.717) is 10.0 Å². The Morgan fingerprint density at radius 1 is 1.42 bits per heavy atom. The van der Waals surface area contributed by atoms with Crippen molar-refractivity contribution >= 4 is 22.4 Å². The summed E-state index contributed by atoms with van der Waals surface area (Å²) in [6.45, 7) is -0.237. The summed E-state index contributed by atoms with van der Waals surface area (Å²) in [6, 6.07) is 2.44. The lowest BCUT2D eigenvalue weighted by atomic mass is 10.3. The Balaban J connectivity index is 2.06. The van der Waals surface area contributed by atoms with E-state index in [2.05, 4.69) is 27.1 Å². The van der Waals surface area contributed by atoms with E-state index in [4.69, 9.17) is 5.11 Å². The van der Waals surface area contributed by atoms with Crippen molar-refractivity contribution in [1.29, 1.82) is 0 Å². The monoisotopic (exact) mass is 277 g/mol. The van der Waals surface area contributed by atoms with E-state index in [9.17, 15) is 9.18 Å². The molecule has 1 amide bonds. The van der Waals surface area contributed by atoms with Crippen molar-refractivity contribution in [3.63, 3.8) is 0 Å². The number of carbonyl (C=O) groups excluding carboxylic acids is 1. The highest BCUT2D eigenvalue weighted by molar-refractivity contribution is 7.16. The van der Waals surface area contributed by atoms with E-state index in [0.717, 1.165) is 12.3 Å². The fourth-order valence-corrected chi connectivity index (χ4v) is 1.87. The van der Waals surface area contributed by atoms with Gasteiger partial charge in [-0.2, -0.15) is 0 Å². The number of nitrogens with one attached hydrogen (secondary N) is 1. The molecule has 2 rings (SSSR count). The third-order valence-corrected chi connectivity index (χ3v) is 2.81. The Morgan fingerprint density at radius 3 is 2.95 bits per heavy atom. The Morgan fingerprint density at radius 2 is 2.26 bits per heavy atom. The minimum absolute atomic E-state index is 0.0968. The Hall–Kier alpha value is -2.30. The third-order valence-electron chi connectivity index (χ3n) is 1.98. The molecule has 7 heteroatoms. The van der Waals surface area contributed by atoms with Gasteiger partial charge in [0, 0.05) is 0 Å². The van der Waals surface area contributed by atoms with Gasteiger partial charge >= 0.3 is 0 Å². The van der Waals surface area contributed by atoms with Crippen LogP contribution in [0.1, 0.15) is 15.4 Å². The Labute approximate surface area is 112 Å². The molecule has 0 aliphatic carbocycles. The number of hydrogen-bond donors (Lipinski definition) is 2. The average molecular weight is 277 g/mol. The van der Waals surface area contributed by atoms with Gasteiger partial charge in [0.15, 0.2) is 5.13 Å². The van der Waals surface area contributed by atoms with Crippen molar-refractivity contribution in [2.24, 2.45) is 0 Å². The first-order valence-electron chi connectivity index (χ1n) is 5.17. The molecule has 0 saturated heterocycles. The molecule has 2 aromatic rings. The molecule has 0 bridgehead atoms. The first kappa shape index (κ1) is 13.1. The van der Waals surface area contributed by atoms with E-state index < -0.39 is 11.7 Å². The predicted molar refractivity (Wildman–Crippen MR) is 68.2 cm³/mol. The third kappa shape index (κ3) is 3.58. The number of rotatable bonds is 2. The number of thiazole rings is 1. The summed E-state index contributed by atoms with van der Waals surface area (Å²) in [6.07, 6.45) is 2.45. The number of hydrogen-bond acceptors (Lipinski definition) is 5. The van der Waals surface area contributed by atoms with Crippen LogP contribution in [0, 0.1) is 17.7 Å². The Bertz CT molecular complexity index is 643. The van der Waals surface area contributed by atoms with Crippen LogP contribution in [-0.2, 0) is 0 Å². The second-order valence-corrected chi connectivity index (χ2v) is 4.34. The zero-order valence-corrected chi connectivity index (χ0v) is 10.4. The van der Waals surface area contributed by atoms with Gasteiger partial charge in [-0.1, -0.05) is 23.2 Å². The number of aliphatic hydroxyl groups is 1. The van der Waals surface area contributed by atoms with Crippen molar-refractivity contribution in [2.75, 3.05) is 11.9 Å². The van der Waals surface area contributed by atoms with Gasteiger partial charge in [0.25, 0.3) is 5.91 Å². The van der Waals surface area contributed by atoms with Crippen molar-refractivity contribution in [3.8, 4) is 11.8 Å². The number of halogens is 1. The van der Waals surface area contributed by atoms with E-state index in [1.807, 2.05) is 0 Å². The SMILES string of the molecule is O=C(Nc1ncc(C#CCO)s1)c1ccc(F)cn1. The first-order valence-corrected chi connectivity index (χ1v) is 5.99. The molecular weight excluding hydrogens is 269 g/mol. The van der Waals surface area contributed by atoms with Crippen molar-refractivity contribution in [1.82, 2.24) is 9.97 Å². The molecule has 2 aromatic heterocycles. The van der Waals surface area contributed by atoms with Crippen LogP contribution in [-0.4, -0.2) is 27.6 Å². The van der Waals surface area contributed by atoms with Crippen LogP contribution in [0.3, 0.4) is 0 Å². The van der Waals surface area contributed by atoms with Crippen LogP contribution in [0.2, 0.25) is 0 Å². The quantitative estimate of drug-likeness (QED) is 0.811. The molecule has 0 radical (unpaired) electrons. The number of nitrogens with zero attached hydrogens (tertiary/aromatic N) is 2. The van der Waals surface area contributed by atoms with Gasteiger partial charge < -0.3 is 5.11 Å². The van der Waals surface area contributed by atoms with Gasteiger partial charge in [-0.3, -0.25) is 10.1 Å². The minimum Gasteiger partial charge on any atom is -0.384 e. The Kier molecular flexibility index (Phi) is 4.18. The minimum atomic E-state index is -0.507. The maximum atomic E-state index is 12.7. The normalized spacial score (nSPS) is 9.58. The maximum Gasteiger partial charge on any atom is 0.276 e. The zero-order chi connectivity index (χ0) is 13.7. The number of aromatic nitrogens is 2. The summed E-state index contributed by atoms with van der Waals surface area (Å²) in [7, 11) is 0. The largest absolute Gasteiger partial charge is 0.384 e. The highest BCUT2D eigenvalue weighted by Crippen LogP contribution is 2.17. The van der Waals surface area contributed by atoms with Crippen molar-refractivity contribution < 1.29 is 14.3 Å². The molecule has 0 unspecified atom stereocenters. The molecule has 0 aliphatic heterocycles. The maximum absolute atomic E-state index is 12.7. The molecule has 2 N–H and O–H groups in total. The number of carbonyl (C=O) groups is 1. The first-order chi connectivity index (χ1) is 9.19. The number of aliphatic hydroxyl groups excluding tert-OH is 1. The van der Waals surface area contributed by atoms with Crippen molar-refractivity contribution in [3.05, 3.63) is 40.9 Å². The van der Waals surface area contributed by atoms with E-state index in [1.54, 1.807) is 0 Å². The van der Waals surface area contributed by atoms with Crippen LogP contribution < -0.4 is 5.32 Å². The average Bonchev–Trinajstić information content (AvgIpc) is 2.84. The van der Waals surface area contributed by atoms with Gasteiger partial charge in [0.05, 0.1) is 17.3 Å². The second-order valence-electron chi connectivity index (χ2n) is 3.31. The highest BCUT2D eigenvalue weighted by atomic mass is 32.1. The molecule has 0 fully saturated rings. The summed E-state index contributed by atoms with van der Waals surface area (Å²) in [5.41, 5.74) is 0.0968. The summed E-state index contributed by atoms with van der Waals surface area (Å²) < 4.78 is 12.7. The van der Waals surface area contributed by atoms with E-state index in [1.165, 1.54) is 23.6 Å². The molecule has 0 aromatic carbocycles. The van der Waals surface area contributed by atoms with Crippen LogP contribution in [0.5, 0.6) is 0 Å². The van der Waals surface area contributed by atoms with Crippen LogP contribution in [0.4, 0.5) is 9.52 Å². The molecule has 0 spiro atoms. The fourth-order valence-electron chi connectivity index (χ4n) is 1.19. The summed E-state index contributed by atoms with van der Waals surface area (Å²) in [4.78, 5) is 20.0. The predicted octanol–water partition coefficient (Wildman–Crippen LogP) is 1.27. The van der Waals surface area contributed by atoms with Gasteiger partial charge in [0.1, 0.15) is 18.1 Å². The van der Waals surface area contributed by atoms with Crippen molar-refractivity contribution in [2.45, 2.75) is 0 Å². The van der Waals surface area contributed by atoms with Crippen LogP contribution in [0.25, 0.3) is 0 Å². The summed E-state index contributed by atoms with van der Waals surface area (Å²) in [5, 5.41) is 11.4. The van der Waals surface area contributed by atoms with Crippen LogP contribution >= 0.6 is 11.3 Å². The number of amides is 1. The molecular formula is C12H8FN3O2S. The standard InChI is InChI=1S/C12H8FN3O2S/c13-8-3-4-10(14-6-8)11(18)16-12-15-7-9(19-12)2-1-5-17/h3-4,6-7,17H,5H2,(H,15,16,18). The number of anilines is 1.